The van der Waals surface area contributed by atoms with E-state index in [-0.39, 0.29) is 18.0 Å². The monoisotopic (exact) mass is 346 g/mol. The van der Waals surface area contributed by atoms with Gasteiger partial charge in [0.15, 0.2) is 0 Å². The summed E-state index contributed by atoms with van der Waals surface area (Å²) >= 11 is 0. The average Bonchev–Trinajstić information content (AvgIpc) is 2.64. The average molecular weight is 346 g/mol. The van der Waals surface area contributed by atoms with Crippen LogP contribution in [0.5, 0.6) is 0 Å². The van der Waals surface area contributed by atoms with E-state index in [1.165, 1.54) is 6.07 Å². The molecule has 3 aromatic rings. The summed E-state index contributed by atoms with van der Waals surface area (Å²) in [5.74, 6) is -0.207. The van der Waals surface area contributed by atoms with Crippen LogP contribution >= 0.6 is 0 Å². The molecule has 3 rings (SSSR count). The Morgan fingerprint density at radius 3 is 2.23 bits per heavy atom. The van der Waals surface area contributed by atoms with Gasteiger partial charge in [-0.25, -0.2) is 0 Å². The topological polar surface area (TPSA) is 72.2 Å². The zero-order chi connectivity index (χ0) is 18.5. The van der Waals surface area contributed by atoms with Gasteiger partial charge in [0.25, 0.3) is 5.69 Å². The van der Waals surface area contributed by atoms with Crippen LogP contribution in [0.4, 0.5) is 11.4 Å². The van der Waals surface area contributed by atoms with Crippen LogP contribution in [-0.2, 0) is 11.2 Å². The molecule has 130 valence electrons. The second-order valence-electron chi connectivity index (χ2n) is 5.99. The summed E-state index contributed by atoms with van der Waals surface area (Å²) in [6, 6.07) is 22.5. The number of hydrogen-bond donors (Lipinski definition) is 1. The molecule has 1 amide bonds. The number of carbonyl (C=O) groups excluding carboxylic acids is 1. The van der Waals surface area contributed by atoms with Crippen molar-refractivity contribution < 1.29 is 9.72 Å². The highest BCUT2D eigenvalue weighted by molar-refractivity contribution is 5.93. The highest BCUT2D eigenvalue weighted by atomic mass is 16.6. The van der Waals surface area contributed by atoms with E-state index >= 15 is 0 Å². The predicted molar refractivity (Wildman–Crippen MR) is 102 cm³/mol. The lowest BCUT2D eigenvalue weighted by atomic mass is 10.0. The first kappa shape index (κ1) is 17.4. The van der Waals surface area contributed by atoms with Crippen molar-refractivity contribution >= 4 is 17.3 Å². The van der Waals surface area contributed by atoms with E-state index in [0.717, 1.165) is 16.7 Å². The SMILES string of the molecule is Cc1c(NC(=O)Cc2ccc(-c3ccccc3)cc2)cccc1[N+](=O)[O-]. The third-order valence-corrected chi connectivity index (χ3v) is 4.20. The largest absolute Gasteiger partial charge is 0.325 e. The van der Waals surface area contributed by atoms with E-state index in [9.17, 15) is 14.9 Å². The lowest BCUT2D eigenvalue weighted by Crippen LogP contribution is -2.15. The molecule has 0 radical (unpaired) electrons. The number of anilines is 1. The molecule has 1 N–H and O–H groups in total. The van der Waals surface area contributed by atoms with E-state index in [2.05, 4.69) is 5.32 Å². The molecule has 0 spiro atoms. The molecule has 0 saturated carbocycles. The Morgan fingerprint density at radius 2 is 1.58 bits per heavy atom. The maximum atomic E-state index is 12.3. The number of hydrogen-bond acceptors (Lipinski definition) is 3. The fourth-order valence-electron chi connectivity index (χ4n) is 2.78. The Bertz CT molecular complexity index is 935. The molecule has 26 heavy (non-hydrogen) atoms. The molecule has 0 fully saturated rings. The van der Waals surface area contributed by atoms with Gasteiger partial charge in [0.1, 0.15) is 0 Å². The van der Waals surface area contributed by atoms with Crippen molar-refractivity contribution in [3.8, 4) is 11.1 Å². The van der Waals surface area contributed by atoms with Crippen molar-refractivity contribution in [1.82, 2.24) is 0 Å². The highest BCUT2D eigenvalue weighted by Gasteiger charge is 2.15. The van der Waals surface area contributed by atoms with Crippen molar-refractivity contribution in [1.29, 1.82) is 0 Å². The van der Waals surface area contributed by atoms with E-state index in [1.807, 2.05) is 54.6 Å². The van der Waals surface area contributed by atoms with Gasteiger partial charge in [-0.2, -0.15) is 0 Å². The third kappa shape index (κ3) is 3.95. The van der Waals surface area contributed by atoms with Crippen molar-refractivity contribution in [2.75, 3.05) is 5.32 Å². The van der Waals surface area contributed by atoms with Crippen LogP contribution in [0.1, 0.15) is 11.1 Å². The Balaban J connectivity index is 1.69. The van der Waals surface area contributed by atoms with Crippen LogP contribution in [0, 0.1) is 17.0 Å². The molecule has 0 aromatic heterocycles. The fourth-order valence-corrected chi connectivity index (χ4v) is 2.78. The predicted octanol–water partition coefficient (Wildman–Crippen LogP) is 4.75. The molecule has 0 unspecified atom stereocenters. The van der Waals surface area contributed by atoms with Gasteiger partial charge in [-0.3, -0.25) is 14.9 Å². The molecule has 0 aliphatic heterocycles. The molecule has 0 heterocycles. The lowest BCUT2D eigenvalue weighted by molar-refractivity contribution is -0.385. The molecule has 3 aromatic carbocycles. The molecule has 0 bridgehead atoms. The maximum absolute atomic E-state index is 12.3. The third-order valence-electron chi connectivity index (χ3n) is 4.20. The Kier molecular flexibility index (Phi) is 5.08. The van der Waals surface area contributed by atoms with E-state index in [0.29, 0.717) is 11.3 Å². The van der Waals surface area contributed by atoms with Gasteiger partial charge >= 0.3 is 0 Å². The summed E-state index contributed by atoms with van der Waals surface area (Å²) in [7, 11) is 0. The first-order chi connectivity index (χ1) is 12.5. The first-order valence-electron chi connectivity index (χ1n) is 8.23. The maximum Gasteiger partial charge on any atom is 0.274 e. The highest BCUT2D eigenvalue weighted by Crippen LogP contribution is 2.25. The van der Waals surface area contributed by atoms with Crippen molar-refractivity contribution in [2.24, 2.45) is 0 Å². The minimum absolute atomic E-state index is 0.00462. The van der Waals surface area contributed by atoms with Crippen LogP contribution in [0.2, 0.25) is 0 Å². The van der Waals surface area contributed by atoms with Gasteiger partial charge in [-0.1, -0.05) is 60.7 Å². The summed E-state index contributed by atoms with van der Waals surface area (Å²) in [6.07, 6.45) is 0.206. The summed E-state index contributed by atoms with van der Waals surface area (Å²) in [4.78, 5) is 22.8. The van der Waals surface area contributed by atoms with E-state index in [4.69, 9.17) is 0 Å². The molecule has 5 nitrogen and oxygen atoms in total. The van der Waals surface area contributed by atoms with Gasteiger partial charge in [-0.05, 0) is 29.7 Å². The van der Waals surface area contributed by atoms with Gasteiger partial charge in [0, 0.05) is 6.07 Å². The minimum Gasteiger partial charge on any atom is -0.325 e. The molecular weight excluding hydrogens is 328 g/mol. The van der Waals surface area contributed by atoms with Crippen LogP contribution in [-0.4, -0.2) is 10.8 Å². The number of nitrogens with zero attached hydrogens (tertiary/aromatic N) is 1. The molecule has 0 aliphatic rings. The van der Waals surface area contributed by atoms with Crippen molar-refractivity contribution in [3.05, 3.63) is 94.0 Å². The molecule has 0 atom stereocenters. The molecule has 0 saturated heterocycles. The quantitative estimate of drug-likeness (QED) is 0.535. The van der Waals surface area contributed by atoms with E-state index in [1.54, 1.807) is 19.1 Å². The van der Waals surface area contributed by atoms with Crippen LogP contribution in [0.15, 0.2) is 72.8 Å². The Hall–Kier alpha value is -3.47. The fraction of sp³-hybridized carbons (Fsp3) is 0.0952. The van der Waals surface area contributed by atoms with Crippen LogP contribution < -0.4 is 5.32 Å². The normalized spacial score (nSPS) is 10.3. The van der Waals surface area contributed by atoms with Gasteiger partial charge in [0.05, 0.1) is 22.6 Å². The number of amides is 1. The summed E-state index contributed by atoms with van der Waals surface area (Å²) in [6.45, 7) is 1.63. The summed E-state index contributed by atoms with van der Waals surface area (Å²) < 4.78 is 0. The summed E-state index contributed by atoms with van der Waals surface area (Å²) in [5, 5.41) is 13.7. The molecular formula is C21H18N2O3. The Morgan fingerprint density at radius 1 is 0.923 bits per heavy atom. The minimum atomic E-state index is -0.451. The zero-order valence-electron chi connectivity index (χ0n) is 14.3. The van der Waals surface area contributed by atoms with Crippen LogP contribution in [0.3, 0.4) is 0 Å². The van der Waals surface area contributed by atoms with Crippen molar-refractivity contribution in [3.63, 3.8) is 0 Å². The Labute approximate surface area is 151 Å². The standard InChI is InChI=1S/C21H18N2O3/c1-15-19(8-5-9-20(15)23(25)26)22-21(24)14-16-10-12-18(13-11-16)17-6-3-2-4-7-17/h2-13H,14H2,1H3,(H,22,24). The zero-order valence-corrected chi connectivity index (χ0v) is 14.3. The lowest BCUT2D eigenvalue weighted by Gasteiger charge is -2.09. The number of carbonyl (C=O) groups is 1. The van der Waals surface area contributed by atoms with Crippen LogP contribution in [0.25, 0.3) is 11.1 Å². The van der Waals surface area contributed by atoms with Gasteiger partial charge in [0.2, 0.25) is 5.91 Å². The van der Waals surface area contributed by atoms with Gasteiger partial charge in [-0.15, -0.1) is 0 Å². The number of nitro groups is 1. The number of nitro benzene ring substituents is 1. The number of benzene rings is 3. The van der Waals surface area contributed by atoms with Crippen molar-refractivity contribution in [2.45, 2.75) is 13.3 Å². The number of rotatable bonds is 5. The molecule has 5 heteroatoms. The first-order valence-corrected chi connectivity index (χ1v) is 8.23. The molecule has 0 aliphatic carbocycles. The smallest absolute Gasteiger partial charge is 0.274 e. The number of nitrogens with one attached hydrogen (secondary N) is 1. The van der Waals surface area contributed by atoms with Gasteiger partial charge < -0.3 is 5.32 Å². The summed E-state index contributed by atoms with van der Waals surface area (Å²) in [5.41, 5.74) is 4.00. The second-order valence-corrected chi connectivity index (χ2v) is 5.99. The van der Waals surface area contributed by atoms with E-state index < -0.39 is 4.92 Å². The second kappa shape index (κ2) is 7.61.